The highest BCUT2D eigenvalue weighted by atomic mass is 32.2. The molecular weight excluding hydrogens is 627 g/mol. The summed E-state index contributed by atoms with van der Waals surface area (Å²) in [5.74, 6) is -2.91. The number of aromatic carboxylic acids is 2. The van der Waals surface area contributed by atoms with Gasteiger partial charge in [-0.1, -0.05) is 30.3 Å². The van der Waals surface area contributed by atoms with Gasteiger partial charge in [0.25, 0.3) is 5.91 Å². The number of carbonyl (C=O) groups excluding carboxylic acids is 2. The minimum atomic E-state index is -1.42. The predicted octanol–water partition coefficient (Wildman–Crippen LogP) is 7.33. The molecule has 0 fully saturated rings. The van der Waals surface area contributed by atoms with Gasteiger partial charge in [-0.25, -0.2) is 14.6 Å². The van der Waals surface area contributed by atoms with Crippen molar-refractivity contribution in [1.82, 2.24) is 4.98 Å². The number of nitrogens with one attached hydrogen (secondary N) is 2. The normalized spacial score (nSPS) is 11.3. The van der Waals surface area contributed by atoms with Crippen molar-refractivity contribution in [2.45, 2.75) is 17.1 Å². The maximum atomic E-state index is 13.6. The summed E-state index contributed by atoms with van der Waals surface area (Å²) in [4.78, 5) is 54.7. The minimum absolute atomic E-state index is 0.176. The highest BCUT2D eigenvalue weighted by Gasteiger charge is 2.24. The Morgan fingerprint density at radius 1 is 0.848 bits per heavy atom. The molecule has 0 aliphatic carbocycles. The Balaban J connectivity index is 1.29. The van der Waals surface area contributed by atoms with E-state index in [9.17, 15) is 24.3 Å². The smallest absolute Gasteiger partial charge is 0.336 e. The number of anilines is 2. The second kappa shape index (κ2) is 14.5. The van der Waals surface area contributed by atoms with Gasteiger partial charge < -0.3 is 25.6 Å². The molecule has 0 spiro atoms. The molecule has 0 saturated heterocycles. The third-order valence-electron chi connectivity index (χ3n) is 6.64. The number of nitrogens with zero attached hydrogens (tertiary/aromatic N) is 1. The molecule has 0 radical (unpaired) electrons. The van der Waals surface area contributed by atoms with Crippen molar-refractivity contribution < 1.29 is 34.1 Å². The molecule has 0 aliphatic heterocycles. The first kappa shape index (κ1) is 31.9. The number of ether oxygens (including phenoxy) is 1. The number of carbonyl (C=O) groups is 4. The largest absolute Gasteiger partial charge is 0.494 e. The van der Waals surface area contributed by atoms with Gasteiger partial charge >= 0.3 is 11.9 Å². The second-order valence-electron chi connectivity index (χ2n) is 9.74. The number of carboxylic acid groups (broad SMARTS) is 2. The molecule has 1 heterocycles. The van der Waals surface area contributed by atoms with Gasteiger partial charge in [0.15, 0.2) is 5.13 Å². The monoisotopic (exact) mass is 653 g/mol. The minimum Gasteiger partial charge on any atom is -0.494 e. The standard InChI is InChI=1S/C34H27N3O7S2/c1-2-44-24-13-8-20(9-14-24)28-19-45-34(36-28)37-31(39)29(21-6-4-3-5-7-21)46-25-15-11-23(12-16-25)35-30(38)26-17-10-22(32(40)41)18-27(26)33(42)43/h3-19,29H,2H2,1H3,(H,35,38)(H,40,41)(H,42,43)(H,36,37,39). The fourth-order valence-corrected chi connectivity index (χ4v) is 6.17. The highest BCUT2D eigenvalue weighted by Crippen LogP contribution is 2.37. The molecule has 0 saturated carbocycles. The summed E-state index contributed by atoms with van der Waals surface area (Å²) in [6.45, 7) is 2.50. The molecule has 46 heavy (non-hydrogen) atoms. The number of hydrogen-bond donors (Lipinski definition) is 4. The lowest BCUT2D eigenvalue weighted by Crippen LogP contribution is -2.19. The molecule has 5 rings (SSSR count). The molecule has 0 bridgehead atoms. The Morgan fingerprint density at radius 3 is 2.22 bits per heavy atom. The summed E-state index contributed by atoms with van der Waals surface area (Å²) >= 11 is 2.65. The lowest BCUT2D eigenvalue weighted by atomic mass is 10.0. The fraction of sp³-hybridized carbons (Fsp3) is 0.0882. The van der Waals surface area contributed by atoms with Crippen LogP contribution >= 0.6 is 23.1 Å². The Morgan fingerprint density at radius 2 is 1.57 bits per heavy atom. The van der Waals surface area contributed by atoms with Gasteiger partial charge in [0.2, 0.25) is 5.91 Å². The lowest BCUT2D eigenvalue weighted by Gasteiger charge is -2.16. The molecule has 1 aromatic heterocycles. The molecule has 4 aromatic carbocycles. The van der Waals surface area contributed by atoms with E-state index in [1.54, 1.807) is 24.3 Å². The van der Waals surface area contributed by atoms with Crippen LogP contribution in [0, 0.1) is 0 Å². The van der Waals surface area contributed by atoms with Crippen LogP contribution in [0.5, 0.6) is 5.75 Å². The van der Waals surface area contributed by atoms with Crippen molar-refractivity contribution in [2.75, 3.05) is 17.2 Å². The zero-order valence-electron chi connectivity index (χ0n) is 24.3. The Hall–Kier alpha value is -5.46. The quantitative estimate of drug-likeness (QED) is 0.101. The van der Waals surface area contributed by atoms with E-state index in [0.717, 1.165) is 33.5 Å². The van der Waals surface area contributed by atoms with Gasteiger partial charge in [0.05, 0.1) is 29.0 Å². The van der Waals surface area contributed by atoms with E-state index in [2.05, 4.69) is 15.6 Å². The summed E-state index contributed by atoms with van der Waals surface area (Å²) in [7, 11) is 0. The maximum absolute atomic E-state index is 13.6. The van der Waals surface area contributed by atoms with Gasteiger partial charge in [-0.05, 0) is 79.2 Å². The zero-order chi connectivity index (χ0) is 32.6. The zero-order valence-corrected chi connectivity index (χ0v) is 25.9. The van der Waals surface area contributed by atoms with Crippen LogP contribution in [-0.2, 0) is 4.79 Å². The van der Waals surface area contributed by atoms with Gasteiger partial charge in [-0.15, -0.1) is 23.1 Å². The summed E-state index contributed by atoms with van der Waals surface area (Å²) in [5.41, 5.74) is 1.97. The molecule has 4 N–H and O–H groups in total. The molecule has 10 nitrogen and oxygen atoms in total. The van der Waals surface area contributed by atoms with Crippen LogP contribution in [0.3, 0.4) is 0 Å². The first-order valence-corrected chi connectivity index (χ1v) is 15.7. The molecule has 2 amide bonds. The fourth-order valence-electron chi connectivity index (χ4n) is 4.43. The van der Waals surface area contributed by atoms with Crippen LogP contribution in [0.4, 0.5) is 10.8 Å². The first-order valence-electron chi connectivity index (χ1n) is 13.9. The third kappa shape index (κ3) is 7.78. The Kier molecular flexibility index (Phi) is 10.1. The van der Waals surface area contributed by atoms with E-state index in [4.69, 9.17) is 9.84 Å². The third-order valence-corrected chi connectivity index (χ3v) is 8.67. The Bertz CT molecular complexity index is 1880. The van der Waals surface area contributed by atoms with E-state index in [1.165, 1.54) is 35.2 Å². The average Bonchev–Trinajstić information content (AvgIpc) is 3.53. The van der Waals surface area contributed by atoms with E-state index in [0.29, 0.717) is 17.4 Å². The van der Waals surface area contributed by atoms with Crippen molar-refractivity contribution in [3.05, 3.63) is 125 Å². The molecule has 12 heteroatoms. The SMILES string of the molecule is CCOc1ccc(-c2csc(NC(=O)C(Sc3ccc(NC(=O)c4ccc(C(=O)O)cc4C(=O)O)cc3)c3ccccc3)n2)cc1. The van der Waals surface area contributed by atoms with E-state index in [-0.39, 0.29) is 17.0 Å². The number of aromatic nitrogens is 1. The summed E-state index contributed by atoms with van der Waals surface area (Å²) in [6.07, 6.45) is 0. The molecular formula is C34H27N3O7S2. The summed E-state index contributed by atoms with van der Waals surface area (Å²) in [6, 6.07) is 26.9. The first-order chi connectivity index (χ1) is 22.2. The number of amides is 2. The van der Waals surface area contributed by atoms with Crippen LogP contribution in [0.1, 0.15) is 48.8 Å². The molecule has 1 unspecified atom stereocenters. The van der Waals surface area contributed by atoms with Crippen LogP contribution in [0.15, 0.2) is 107 Å². The number of thiazole rings is 1. The van der Waals surface area contributed by atoms with E-state index < -0.39 is 28.7 Å². The van der Waals surface area contributed by atoms with Crippen LogP contribution in [-0.4, -0.2) is 45.6 Å². The van der Waals surface area contributed by atoms with E-state index >= 15 is 0 Å². The van der Waals surface area contributed by atoms with Crippen molar-refractivity contribution in [2.24, 2.45) is 0 Å². The second-order valence-corrected chi connectivity index (χ2v) is 11.8. The summed E-state index contributed by atoms with van der Waals surface area (Å²) in [5, 5.41) is 26.0. The number of hydrogen-bond acceptors (Lipinski definition) is 8. The number of carboxylic acids is 2. The predicted molar refractivity (Wildman–Crippen MR) is 177 cm³/mol. The van der Waals surface area contributed by atoms with Gasteiger partial charge in [-0.3, -0.25) is 9.59 Å². The van der Waals surface area contributed by atoms with Crippen LogP contribution in [0.25, 0.3) is 11.3 Å². The van der Waals surface area contributed by atoms with Gasteiger partial charge in [0.1, 0.15) is 11.0 Å². The molecule has 0 aliphatic rings. The lowest BCUT2D eigenvalue weighted by molar-refractivity contribution is -0.115. The molecule has 5 aromatic rings. The summed E-state index contributed by atoms with van der Waals surface area (Å²) < 4.78 is 5.50. The Labute approximate surface area is 272 Å². The highest BCUT2D eigenvalue weighted by molar-refractivity contribution is 8.00. The van der Waals surface area contributed by atoms with Gasteiger partial charge in [-0.2, -0.15) is 0 Å². The molecule has 232 valence electrons. The van der Waals surface area contributed by atoms with Crippen molar-refractivity contribution in [3.63, 3.8) is 0 Å². The number of thioether (sulfide) groups is 1. The van der Waals surface area contributed by atoms with Crippen molar-refractivity contribution in [1.29, 1.82) is 0 Å². The van der Waals surface area contributed by atoms with Crippen LogP contribution in [0.2, 0.25) is 0 Å². The molecule has 1 atom stereocenters. The number of benzene rings is 4. The van der Waals surface area contributed by atoms with Gasteiger partial charge in [0, 0.05) is 21.5 Å². The van der Waals surface area contributed by atoms with Crippen molar-refractivity contribution >= 4 is 57.7 Å². The van der Waals surface area contributed by atoms with Crippen LogP contribution < -0.4 is 15.4 Å². The topological polar surface area (TPSA) is 155 Å². The van der Waals surface area contributed by atoms with E-state index in [1.807, 2.05) is 66.9 Å². The van der Waals surface area contributed by atoms with Crippen molar-refractivity contribution in [3.8, 4) is 17.0 Å². The average molecular weight is 654 g/mol. The number of rotatable bonds is 12. The maximum Gasteiger partial charge on any atom is 0.336 e.